The molecule has 3 rings (SSSR count). The Morgan fingerprint density at radius 3 is 2.62 bits per heavy atom. The van der Waals surface area contributed by atoms with Crippen molar-refractivity contribution in [2.75, 3.05) is 11.4 Å². The summed E-state index contributed by atoms with van der Waals surface area (Å²) in [6.07, 6.45) is 9.41. The highest BCUT2D eigenvalue weighted by Gasteiger charge is 2.24. The van der Waals surface area contributed by atoms with E-state index in [4.69, 9.17) is 0 Å². The zero-order chi connectivity index (χ0) is 14.7. The van der Waals surface area contributed by atoms with E-state index in [1.54, 1.807) is 4.90 Å². The fourth-order valence-corrected chi connectivity index (χ4v) is 3.70. The van der Waals surface area contributed by atoms with Crippen molar-refractivity contribution in [3.05, 3.63) is 34.2 Å². The van der Waals surface area contributed by atoms with Gasteiger partial charge in [0.1, 0.15) is 0 Å². The van der Waals surface area contributed by atoms with E-state index in [-0.39, 0.29) is 0 Å². The summed E-state index contributed by atoms with van der Waals surface area (Å²) >= 11 is 0. The Balaban J connectivity index is 1.81. The van der Waals surface area contributed by atoms with E-state index in [2.05, 4.69) is 17.3 Å². The van der Waals surface area contributed by atoms with Gasteiger partial charge in [0.2, 0.25) is 0 Å². The molecule has 1 aromatic rings. The lowest BCUT2D eigenvalue weighted by Gasteiger charge is -2.28. The van der Waals surface area contributed by atoms with Gasteiger partial charge in [-0.25, -0.2) is 4.79 Å². The van der Waals surface area contributed by atoms with E-state index in [1.165, 1.54) is 36.8 Å². The van der Waals surface area contributed by atoms with Crippen molar-refractivity contribution in [2.24, 2.45) is 11.1 Å². The van der Waals surface area contributed by atoms with Gasteiger partial charge >= 0.3 is 6.03 Å². The smallest absolute Gasteiger partial charge is 0.290 e. The van der Waals surface area contributed by atoms with Crippen LogP contribution in [0.5, 0.6) is 0 Å². The van der Waals surface area contributed by atoms with Gasteiger partial charge in [-0.1, -0.05) is 25.3 Å². The molecule has 4 heteroatoms. The van der Waals surface area contributed by atoms with E-state index in [1.807, 2.05) is 6.07 Å². The van der Waals surface area contributed by atoms with Gasteiger partial charge in [0.15, 0.2) is 0 Å². The predicted octanol–water partition coefficient (Wildman–Crippen LogP) is 4.45. The van der Waals surface area contributed by atoms with Crippen molar-refractivity contribution < 1.29 is 4.79 Å². The molecule has 0 radical (unpaired) electrons. The standard InChI is InChI=1S/C17H22N2O2/c20-17(18-21)19(12-13-5-2-1-3-6-13)16-10-9-14-7-4-8-15(14)11-16/h9-11,13H,1-8,12H2. The molecular formula is C17H22N2O2. The average molecular weight is 286 g/mol. The number of benzene rings is 1. The summed E-state index contributed by atoms with van der Waals surface area (Å²) in [7, 11) is 0. The minimum absolute atomic E-state index is 0.498. The molecular weight excluding hydrogens is 264 g/mol. The Labute approximate surface area is 125 Å². The number of nitroso groups, excluding NO2 is 1. The highest BCUT2D eigenvalue weighted by molar-refractivity contribution is 5.92. The van der Waals surface area contributed by atoms with Crippen molar-refractivity contribution in [3.63, 3.8) is 0 Å². The molecule has 4 nitrogen and oxygen atoms in total. The van der Waals surface area contributed by atoms with Gasteiger partial charge in [0.25, 0.3) is 0 Å². The highest BCUT2D eigenvalue weighted by Crippen LogP contribution is 2.30. The fourth-order valence-electron chi connectivity index (χ4n) is 3.70. The van der Waals surface area contributed by atoms with Crippen LogP contribution in [-0.2, 0) is 12.8 Å². The summed E-state index contributed by atoms with van der Waals surface area (Å²) in [6, 6.07) is 5.49. The van der Waals surface area contributed by atoms with E-state index >= 15 is 0 Å². The second-order valence-corrected chi connectivity index (χ2v) is 6.30. The summed E-state index contributed by atoms with van der Waals surface area (Å²) in [4.78, 5) is 24.3. The van der Waals surface area contributed by atoms with Crippen molar-refractivity contribution in [1.82, 2.24) is 0 Å². The van der Waals surface area contributed by atoms with Crippen molar-refractivity contribution >= 4 is 11.7 Å². The van der Waals surface area contributed by atoms with Gasteiger partial charge in [-0.15, -0.1) is 4.91 Å². The number of urea groups is 1. The van der Waals surface area contributed by atoms with Crippen LogP contribution in [0.1, 0.15) is 49.7 Å². The predicted molar refractivity (Wildman–Crippen MR) is 83.6 cm³/mol. The molecule has 0 aromatic heterocycles. The summed E-state index contributed by atoms with van der Waals surface area (Å²) in [6.45, 7) is 0.628. The van der Waals surface area contributed by atoms with E-state index in [9.17, 15) is 9.70 Å². The van der Waals surface area contributed by atoms with Gasteiger partial charge < -0.3 is 0 Å². The zero-order valence-corrected chi connectivity index (χ0v) is 12.4. The van der Waals surface area contributed by atoms with E-state index in [0.29, 0.717) is 12.5 Å². The van der Waals surface area contributed by atoms with Crippen molar-refractivity contribution in [1.29, 1.82) is 0 Å². The first-order valence-electron chi connectivity index (χ1n) is 8.04. The van der Waals surface area contributed by atoms with Crippen LogP contribution in [0, 0.1) is 10.8 Å². The highest BCUT2D eigenvalue weighted by atomic mass is 16.3. The van der Waals surface area contributed by atoms with Crippen molar-refractivity contribution in [3.8, 4) is 0 Å². The van der Waals surface area contributed by atoms with E-state index < -0.39 is 6.03 Å². The number of aryl methyl sites for hydroxylation is 2. The van der Waals surface area contributed by atoms with Gasteiger partial charge in [-0.3, -0.25) is 4.90 Å². The summed E-state index contributed by atoms with van der Waals surface area (Å²) < 4.78 is 0. The lowest BCUT2D eigenvalue weighted by molar-refractivity contribution is 0.251. The molecule has 0 N–H and O–H groups in total. The molecule has 2 aliphatic rings. The molecule has 112 valence electrons. The summed E-state index contributed by atoms with van der Waals surface area (Å²) in [5.74, 6) is 0.498. The Hall–Kier alpha value is -1.71. The lowest BCUT2D eigenvalue weighted by atomic mass is 9.89. The first-order chi connectivity index (χ1) is 10.3. The number of fused-ring (bicyclic) bond motifs is 1. The molecule has 0 heterocycles. The molecule has 0 aliphatic heterocycles. The van der Waals surface area contributed by atoms with Gasteiger partial charge in [0, 0.05) is 17.4 Å². The minimum atomic E-state index is -0.654. The monoisotopic (exact) mass is 286 g/mol. The van der Waals surface area contributed by atoms with Gasteiger partial charge in [0.05, 0.1) is 0 Å². The Bertz CT molecular complexity index is 536. The fraction of sp³-hybridized carbons (Fsp3) is 0.588. The summed E-state index contributed by atoms with van der Waals surface area (Å²) in [5, 5.41) is 2.66. The molecule has 1 aromatic carbocycles. The molecule has 2 amide bonds. The minimum Gasteiger partial charge on any atom is -0.290 e. The summed E-state index contributed by atoms with van der Waals surface area (Å²) in [5.41, 5.74) is 3.54. The zero-order valence-electron chi connectivity index (χ0n) is 12.4. The number of nitrogens with zero attached hydrogens (tertiary/aromatic N) is 2. The normalized spacial score (nSPS) is 18.3. The number of rotatable bonds is 3. The number of anilines is 1. The van der Waals surface area contributed by atoms with Crippen LogP contribution in [-0.4, -0.2) is 12.6 Å². The first-order valence-corrected chi connectivity index (χ1v) is 8.04. The van der Waals surface area contributed by atoms with E-state index in [0.717, 1.165) is 31.4 Å². The Kier molecular flexibility index (Phi) is 4.32. The average Bonchev–Trinajstić information content (AvgIpc) is 3.00. The van der Waals surface area contributed by atoms with Crippen LogP contribution in [0.4, 0.5) is 10.5 Å². The number of hydrogen-bond acceptors (Lipinski definition) is 2. The third-order valence-corrected chi connectivity index (χ3v) is 4.87. The second kappa shape index (κ2) is 6.37. The van der Waals surface area contributed by atoms with Crippen LogP contribution >= 0.6 is 0 Å². The van der Waals surface area contributed by atoms with Gasteiger partial charge in [-0.2, -0.15) is 0 Å². The third-order valence-electron chi connectivity index (χ3n) is 4.87. The van der Waals surface area contributed by atoms with Crippen LogP contribution in [0.2, 0.25) is 0 Å². The number of carbonyl (C=O) groups excluding carboxylic acids is 1. The number of carbonyl (C=O) groups is 1. The van der Waals surface area contributed by atoms with Crippen LogP contribution in [0.3, 0.4) is 0 Å². The maximum atomic E-state index is 11.9. The molecule has 0 atom stereocenters. The molecule has 0 spiro atoms. The maximum Gasteiger partial charge on any atom is 0.385 e. The SMILES string of the molecule is O=NC(=O)N(CC1CCCCC1)c1ccc2c(c1)CCC2. The molecule has 21 heavy (non-hydrogen) atoms. The molecule has 1 fully saturated rings. The molecule has 1 saturated carbocycles. The first kappa shape index (κ1) is 14.2. The molecule has 2 aliphatic carbocycles. The molecule has 0 bridgehead atoms. The quantitative estimate of drug-likeness (QED) is 0.771. The van der Waals surface area contributed by atoms with Crippen LogP contribution in [0.25, 0.3) is 0 Å². The molecule has 0 saturated heterocycles. The molecule has 0 unspecified atom stereocenters. The topological polar surface area (TPSA) is 49.7 Å². The lowest BCUT2D eigenvalue weighted by Crippen LogP contribution is -2.34. The number of amides is 2. The largest absolute Gasteiger partial charge is 0.385 e. The van der Waals surface area contributed by atoms with Gasteiger partial charge in [-0.05, 0) is 61.3 Å². The Morgan fingerprint density at radius 2 is 1.86 bits per heavy atom. The van der Waals surface area contributed by atoms with Crippen LogP contribution < -0.4 is 4.90 Å². The third kappa shape index (κ3) is 3.14. The Morgan fingerprint density at radius 1 is 1.10 bits per heavy atom. The van der Waals surface area contributed by atoms with Crippen molar-refractivity contribution in [2.45, 2.75) is 51.4 Å². The maximum absolute atomic E-state index is 11.9. The second-order valence-electron chi connectivity index (χ2n) is 6.30. The van der Waals surface area contributed by atoms with Crippen LogP contribution in [0.15, 0.2) is 23.4 Å². The number of hydrogen-bond donors (Lipinski definition) is 0.